The Labute approximate surface area is 64.8 Å². The van der Waals surface area contributed by atoms with Crippen LogP contribution in [0.15, 0.2) is 0 Å². The molecule has 1 rings (SSSR count). The number of methoxy groups -OCH3 is 1. The third-order valence-corrected chi connectivity index (χ3v) is 2.34. The zero-order valence-corrected chi connectivity index (χ0v) is 6.41. The van der Waals surface area contributed by atoms with Crippen molar-refractivity contribution in [1.82, 2.24) is 0 Å². The molecule has 0 saturated heterocycles. The summed E-state index contributed by atoms with van der Waals surface area (Å²) in [5.74, 6) is -1.20. The van der Waals surface area contributed by atoms with Crippen molar-refractivity contribution in [1.29, 1.82) is 0 Å². The predicted octanol–water partition coefficient (Wildman–Crippen LogP) is 0.001000. The number of ether oxygens (including phenoxy) is 1. The summed E-state index contributed by atoms with van der Waals surface area (Å²) in [7, 11) is 1.44. The van der Waals surface area contributed by atoms with Crippen LogP contribution in [0.4, 0.5) is 0 Å². The standard InChI is InChI=1S/C7H12O4/c1-11-7(3-2-4-7)5(8)6(9)10/h5,8H,2-4H2,1H3,(H,9,10). The molecule has 0 aromatic heterocycles. The average molecular weight is 160 g/mol. The van der Waals surface area contributed by atoms with Gasteiger partial charge in [-0.25, -0.2) is 4.79 Å². The van der Waals surface area contributed by atoms with Crippen molar-refractivity contribution in [2.75, 3.05) is 7.11 Å². The molecule has 1 aliphatic carbocycles. The molecule has 0 amide bonds. The van der Waals surface area contributed by atoms with E-state index in [9.17, 15) is 9.90 Å². The van der Waals surface area contributed by atoms with E-state index in [2.05, 4.69) is 0 Å². The van der Waals surface area contributed by atoms with Crippen molar-refractivity contribution in [2.24, 2.45) is 0 Å². The van der Waals surface area contributed by atoms with Crippen LogP contribution in [0.1, 0.15) is 19.3 Å². The highest BCUT2D eigenvalue weighted by Gasteiger charge is 2.47. The summed E-state index contributed by atoms with van der Waals surface area (Å²) < 4.78 is 4.97. The molecule has 1 atom stereocenters. The van der Waals surface area contributed by atoms with E-state index in [-0.39, 0.29) is 0 Å². The summed E-state index contributed by atoms with van der Waals surface area (Å²) in [6.45, 7) is 0. The lowest BCUT2D eigenvalue weighted by Crippen LogP contribution is -2.53. The van der Waals surface area contributed by atoms with Gasteiger partial charge < -0.3 is 14.9 Å². The van der Waals surface area contributed by atoms with Crippen LogP contribution in [-0.4, -0.2) is 35.0 Å². The molecule has 11 heavy (non-hydrogen) atoms. The van der Waals surface area contributed by atoms with Gasteiger partial charge in [0.2, 0.25) is 0 Å². The molecule has 1 saturated carbocycles. The molecule has 0 radical (unpaired) electrons. The average Bonchev–Trinajstić information content (AvgIpc) is 1.86. The van der Waals surface area contributed by atoms with Gasteiger partial charge in [-0.2, -0.15) is 0 Å². The maximum atomic E-state index is 10.4. The van der Waals surface area contributed by atoms with Crippen LogP contribution in [0.25, 0.3) is 0 Å². The summed E-state index contributed by atoms with van der Waals surface area (Å²) in [6, 6.07) is 0. The van der Waals surface area contributed by atoms with Gasteiger partial charge >= 0.3 is 5.97 Å². The number of carboxylic acid groups (broad SMARTS) is 1. The normalized spacial score (nSPS) is 23.8. The largest absolute Gasteiger partial charge is 0.479 e. The summed E-state index contributed by atoms with van der Waals surface area (Å²) >= 11 is 0. The molecule has 1 fully saturated rings. The quantitative estimate of drug-likeness (QED) is 0.610. The predicted molar refractivity (Wildman–Crippen MR) is 37.2 cm³/mol. The van der Waals surface area contributed by atoms with Crippen molar-refractivity contribution in [2.45, 2.75) is 31.0 Å². The van der Waals surface area contributed by atoms with Gasteiger partial charge in [-0.3, -0.25) is 0 Å². The van der Waals surface area contributed by atoms with Crippen LogP contribution in [-0.2, 0) is 9.53 Å². The molecule has 1 unspecified atom stereocenters. The van der Waals surface area contributed by atoms with Gasteiger partial charge in [0.1, 0.15) is 5.60 Å². The number of aliphatic hydroxyl groups is 1. The lowest BCUT2D eigenvalue weighted by atomic mass is 9.76. The molecule has 4 heteroatoms. The molecule has 0 aromatic rings. The van der Waals surface area contributed by atoms with Crippen LogP contribution in [0, 0.1) is 0 Å². The first kappa shape index (κ1) is 8.49. The number of aliphatic hydroxyl groups excluding tert-OH is 1. The van der Waals surface area contributed by atoms with Crippen molar-refractivity contribution in [3.63, 3.8) is 0 Å². The number of carboxylic acids is 1. The number of aliphatic carboxylic acids is 1. The third-order valence-electron chi connectivity index (χ3n) is 2.34. The minimum atomic E-state index is -1.37. The number of hydrogen-bond acceptors (Lipinski definition) is 3. The van der Waals surface area contributed by atoms with E-state index in [1.165, 1.54) is 7.11 Å². The van der Waals surface area contributed by atoms with Gasteiger partial charge in [0.25, 0.3) is 0 Å². The Bertz CT molecular complexity index is 156. The number of rotatable bonds is 3. The minimum Gasteiger partial charge on any atom is -0.479 e. The first-order valence-corrected chi connectivity index (χ1v) is 3.58. The molecule has 0 spiro atoms. The van der Waals surface area contributed by atoms with Crippen LogP contribution < -0.4 is 0 Å². The van der Waals surface area contributed by atoms with Gasteiger partial charge in [0, 0.05) is 7.11 Å². The molecule has 4 nitrogen and oxygen atoms in total. The molecular formula is C7H12O4. The molecule has 0 aromatic carbocycles. The lowest BCUT2D eigenvalue weighted by Gasteiger charge is -2.42. The monoisotopic (exact) mass is 160 g/mol. The van der Waals surface area contributed by atoms with E-state index in [4.69, 9.17) is 9.84 Å². The molecule has 0 heterocycles. The van der Waals surface area contributed by atoms with E-state index >= 15 is 0 Å². The lowest BCUT2D eigenvalue weighted by molar-refractivity contribution is -0.182. The second-order valence-electron chi connectivity index (χ2n) is 2.86. The van der Waals surface area contributed by atoms with Gasteiger partial charge in [-0.1, -0.05) is 0 Å². The zero-order chi connectivity index (χ0) is 8.48. The fourth-order valence-corrected chi connectivity index (χ4v) is 1.34. The fraction of sp³-hybridized carbons (Fsp3) is 0.857. The summed E-state index contributed by atoms with van der Waals surface area (Å²) in [5, 5.41) is 17.7. The second kappa shape index (κ2) is 2.79. The first-order valence-electron chi connectivity index (χ1n) is 3.58. The zero-order valence-electron chi connectivity index (χ0n) is 6.41. The van der Waals surface area contributed by atoms with E-state index in [0.29, 0.717) is 12.8 Å². The SMILES string of the molecule is COC1(C(O)C(=O)O)CCC1. The second-order valence-corrected chi connectivity index (χ2v) is 2.86. The minimum absolute atomic E-state index is 0.636. The van der Waals surface area contributed by atoms with Crippen LogP contribution >= 0.6 is 0 Å². The Morgan fingerprint density at radius 2 is 2.18 bits per heavy atom. The highest BCUT2D eigenvalue weighted by Crippen LogP contribution is 2.38. The van der Waals surface area contributed by atoms with Crippen molar-refractivity contribution < 1.29 is 19.7 Å². The van der Waals surface area contributed by atoms with Crippen molar-refractivity contribution in [3.8, 4) is 0 Å². The van der Waals surface area contributed by atoms with Gasteiger partial charge in [0.15, 0.2) is 6.10 Å². The summed E-state index contributed by atoms with van der Waals surface area (Å²) in [4.78, 5) is 10.4. The molecule has 0 bridgehead atoms. The Balaban J connectivity index is 2.61. The van der Waals surface area contributed by atoms with Crippen molar-refractivity contribution >= 4 is 5.97 Å². The molecule has 1 aliphatic rings. The number of hydrogen-bond donors (Lipinski definition) is 2. The molecular weight excluding hydrogens is 148 g/mol. The maximum absolute atomic E-state index is 10.4. The van der Waals surface area contributed by atoms with Gasteiger partial charge in [0.05, 0.1) is 0 Å². The Morgan fingerprint density at radius 3 is 2.27 bits per heavy atom. The molecule has 0 aliphatic heterocycles. The highest BCUT2D eigenvalue weighted by molar-refractivity contribution is 5.73. The van der Waals surface area contributed by atoms with E-state index in [1.54, 1.807) is 0 Å². The Kier molecular flexibility index (Phi) is 2.15. The van der Waals surface area contributed by atoms with E-state index in [0.717, 1.165) is 6.42 Å². The molecule has 2 N–H and O–H groups in total. The van der Waals surface area contributed by atoms with Gasteiger partial charge in [-0.15, -0.1) is 0 Å². The summed E-state index contributed by atoms with van der Waals surface area (Å²) in [6.07, 6.45) is 0.827. The van der Waals surface area contributed by atoms with Crippen LogP contribution in [0.5, 0.6) is 0 Å². The maximum Gasteiger partial charge on any atom is 0.335 e. The Hall–Kier alpha value is -0.610. The Morgan fingerprint density at radius 1 is 1.64 bits per heavy atom. The van der Waals surface area contributed by atoms with Crippen LogP contribution in [0.2, 0.25) is 0 Å². The fourth-order valence-electron chi connectivity index (χ4n) is 1.34. The van der Waals surface area contributed by atoms with Crippen molar-refractivity contribution in [3.05, 3.63) is 0 Å². The van der Waals surface area contributed by atoms with E-state index < -0.39 is 17.7 Å². The van der Waals surface area contributed by atoms with Crippen LogP contribution in [0.3, 0.4) is 0 Å². The highest BCUT2D eigenvalue weighted by atomic mass is 16.5. The third kappa shape index (κ3) is 1.23. The topological polar surface area (TPSA) is 66.8 Å². The molecule has 64 valence electrons. The first-order chi connectivity index (χ1) is 5.12. The summed E-state index contributed by atoms with van der Waals surface area (Å²) in [5.41, 5.74) is -0.800. The smallest absolute Gasteiger partial charge is 0.335 e. The number of carbonyl (C=O) groups is 1. The van der Waals surface area contributed by atoms with E-state index in [1.807, 2.05) is 0 Å². The van der Waals surface area contributed by atoms with Gasteiger partial charge in [-0.05, 0) is 19.3 Å².